The van der Waals surface area contributed by atoms with Crippen molar-refractivity contribution in [3.63, 3.8) is 0 Å². The first kappa shape index (κ1) is 9.37. The van der Waals surface area contributed by atoms with Crippen LogP contribution >= 0.6 is 0 Å². The number of fused-ring (bicyclic) bond motifs is 1. The van der Waals surface area contributed by atoms with Gasteiger partial charge in [-0.25, -0.2) is 4.39 Å². The fraction of sp³-hybridized carbons (Fsp3) is 1.00. The topological polar surface area (TPSA) is 35.5 Å². The van der Waals surface area contributed by atoms with Gasteiger partial charge in [0.1, 0.15) is 6.67 Å². The summed E-state index contributed by atoms with van der Waals surface area (Å²) in [7, 11) is 0. The molecular formula is C9H17FN2O. The number of nitrogens with one attached hydrogen (secondary N) is 1. The molecule has 2 N–H and O–H groups in total. The van der Waals surface area contributed by atoms with Crippen molar-refractivity contribution in [3.05, 3.63) is 0 Å². The van der Waals surface area contributed by atoms with Crippen molar-refractivity contribution in [2.75, 3.05) is 39.4 Å². The summed E-state index contributed by atoms with van der Waals surface area (Å²) >= 11 is 0. The van der Waals surface area contributed by atoms with Crippen LogP contribution in [-0.4, -0.2) is 55.5 Å². The van der Waals surface area contributed by atoms with Crippen LogP contribution in [0.2, 0.25) is 0 Å². The van der Waals surface area contributed by atoms with Crippen molar-refractivity contribution in [3.8, 4) is 0 Å². The van der Waals surface area contributed by atoms with Crippen LogP contribution in [0.3, 0.4) is 0 Å². The zero-order chi connectivity index (χ0) is 9.26. The molecule has 0 saturated carbocycles. The maximum absolute atomic E-state index is 12.0. The summed E-state index contributed by atoms with van der Waals surface area (Å²) < 4.78 is 12.0. The Hall–Kier alpha value is -0.190. The maximum Gasteiger partial charge on any atom is 0.117 e. The summed E-state index contributed by atoms with van der Waals surface area (Å²) in [6, 6.07) is 0. The number of likely N-dealkylation sites (tertiary alicyclic amines) is 1. The van der Waals surface area contributed by atoms with Gasteiger partial charge in [-0.1, -0.05) is 0 Å². The molecule has 3 nitrogen and oxygen atoms in total. The molecule has 0 bridgehead atoms. The molecule has 2 saturated heterocycles. The van der Waals surface area contributed by atoms with Crippen LogP contribution in [0.15, 0.2) is 0 Å². The van der Waals surface area contributed by atoms with E-state index >= 15 is 0 Å². The Morgan fingerprint density at radius 2 is 2.00 bits per heavy atom. The minimum Gasteiger partial charge on any atom is -0.389 e. The van der Waals surface area contributed by atoms with E-state index in [1.165, 1.54) is 0 Å². The number of nitrogens with zero attached hydrogens (tertiary/aromatic N) is 1. The fourth-order valence-electron chi connectivity index (χ4n) is 2.45. The Bertz CT molecular complexity index is 164. The number of β-amino-alcohol motifs (C(OH)–C–C–N with tert-alkyl or cyclic N) is 1. The summed E-state index contributed by atoms with van der Waals surface area (Å²) in [6.07, 6.45) is -0.785. The normalized spacial score (nSPS) is 36.5. The highest BCUT2D eigenvalue weighted by atomic mass is 19.1. The van der Waals surface area contributed by atoms with Crippen LogP contribution in [0.4, 0.5) is 4.39 Å². The van der Waals surface area contributed by atoms with Gasteiger partial charge in [-0.2, -0.15) is 0 Å². The predicted molar refractivity (Wildman–Crippen MR) is 48.3 cm³/mol. The van der Waals surface area contributed by atoms with Gasteiger partial charge < -0.3 is 10.4 Å². The molecule has 0 aliphatic carbocycles. The van der Waals surface area contributed by atoms with E-state index < -0.39 is 12.8 Å². The molecule has 3 atom stereocenters. The van der Waals surface area contributed by atoms with E-state index in [2.05, 4.69) is 10.2 Å². The molecule has 0 spiro atoms. The van der Waals surface area contributed by atoms with Crippen LogP contribution in [0.25, 0.3) is 0 Å². The molecule has 13 heavy (non-hydrogen) atoms. The molecule has 0 aromatic carbocycles. The van der Waals surface area contributed by atoms with Gasteiger partial charge in [0.05, 0.1) is 6.10 Å². The second kappa shape index (κ2) is 3.90. The highest BCUT2D eigenvalue weighted by Crippen LogP contribution is 2.25. The first-order chi connectivity index (χ1) is 6.29. The molecule has 4 heteroatoms. The van der Waals surface area contributed by atoms with Crippen molar-refractivity contribution >= 4 is 0 Å². The van der Waals surface area contributed by atoms with Gasteiger partial charge in [-0.15, -0.1) is 0 Å². The first-order valence-corrected chi connectivity index (χ1v) is 4.96. The minimum atomic E-state index is -0.785. The minimum absolute atomic E-state index is 0.503. The maximum atomic E-state index is 12.0. The third kappa shape index (κ3) is 2.00. The number of hydrogen-bond acceptors (Lipinski definition) is 3. The van der Waals surface area contributed by atoms with Gasteiger partial charge in [0.25, 0.3) is 0 Å². The zero-order valence-electron chi connectivity index (χ0n) is 7.75. The average Bonchev–Trinajstić information content (AvgIpc) is 2.63. The molecule has 2 heterocycles. The third-order valence-corrected chi connectivity index (χ3v) is 3.11. The molecule has 0 amide bonds. The molecule has 0 radical (unpaired) electrons. The smallest absolute Gasteiger partial charge is 0.117 e. The van der Waals surface area contributed by atoms with Gasteiger partial charge in [-0.05, 0) is 24.9 Å². The number of halogens is 1. The largest absolute Gasteiger partial charge is 0.389 e. The lowest BCUT2D eigenvalue weighted by Crippen LogP contribution is -2.34. The zero-order valence-corrected chi connectivity index (χ0v) is 7.75. The molecule has 2 fully saturated rings. The Morgan fingerprint density at radius 1 is 1.38 bits per heavy atom. The highest BCUT2D eigenvalue weighted by molar-refractivity contribution is 4.91. The Morgan fingerprint density at radius 3 is 2.54 bits per heavy atom. The summed E-state index contributed by atoms with van der Waals surface area (Å²) in [5.41, 5.74) is 0. The van der Waals surface area contributed by atoms with E-state index in [-0.39, 0.29) is 0 Å². The van der Waals surface area contributed by atoms with Crippen LogP contribution in [0.5, 0.6) is 0 Å². The monoisotopic (exact) mass is 188 g/mol. The van der Waals surface area contributed by atoms with Crippen molar-refractivity contribution in [2.45, 2.75) is 6.10 Å². The van der Waals surface area contributed by atoms with E-state index in [4.69, 9.17) is 5.11 Å². The Kier molecular flexibility index (Phi) is 2.81. The fourth-order valence-corrected chi connectivity index (χ4v) is 2.45. The van der Waals surface area contributed by atoms with Gasteiger partial charge in [0.15, 0.2) is 0 Å². The number of aliphatic hydroxyl groups is 1. The van der Waals surface area contributed by atoms with Gasteiger partial charge in [0, 0.05) is 19.6 Å². The van der Waals surface area contributed by atoms with Crippen molar-refractivity contribution in [1.29, 1.82) is 0 Å². The average molecular weight is 188 g/mol. The molecule has 2 rings (SSSR count). The second-order valence-electron chi connectivity index (χ2n) is 4.21. The van der Waals surface area contributed by atoms with Crippen LogP contribution in [0, 0.1) is 11.8 Å². The van der Waals surface area contributed by atoms with Crippen LogP contribution < -0.4 is 5.32 Å². The van der Waals surface area contributed by atoms with Crippen LogP contribution in [-0.2, 0) is 0 Å². The van der Waals surface area contributed by atoms with E-state index in [0.29, 0.717) is 6.54 Å². The van der Waals surface area contributed by atoms with Crippen LogP contribution in [0.1, 0.15) is 0 Å². The Balaban J connectivity index is 1.78. The molecule has 0 aromatic rings. The lowest BCUT2D eigenvalue weighted by molar-refractivity contribution is 0.0966. The summed E-state index contributed by atoms with van der Waals surface area (Å²) in [6.45, 7) is 4.11. The quantitative estimate of drug-likeness (QED) is 0.625. The molecular weight excluding hydrogens is 171 g/mol. The molecule has 76 valence electrons. The molecule has 0 aromatic heterocycles. The lowest BCUT2D eigenvalue weighted by Gasteiger charge is -2.18. The SMILES string of the molecule is OC(CF)CN1C[C@H]2CNC[C@H]2C1. The summed E-state index contributed by atoms with van der Waals surface area (Å²) in [5, 5.41) is 12.5. The lowest BCUT2D eigenvalue weighted by atomic mass is 10.0. The number of hydrogen-bond donors (Lipinski definition) is 2. The van der Waals surface area contributed by atoms with Crippen molar-refractivity contribution < 1.29 is 9.50 Å². The molecule has 2 aliphatic rings. The van der Waals surface area contributed by atoms with E-state index in [9.17, 15) is 4.39 Å². The van der Waals surface area contributed by atoms with Gasteiger partial charge >= 0.3 is 0 Å². The number of aliphatic hydroxyl groups excluding tert-OH is 1. The number of alkyl halides is 1. The molecule has 1 unspecified atom stereocenters. The third-order valence-electron chi connectivity index (χ3n) is 3.11. The first-order valence-electron chi connectivity index (χ1n) is 4.96. The standard InChI is InChI=1S/C9H17FN2O/c10-1-9(13)6-12-4-7-2-11-3-8(7)5-12/h7-9,11,13H,1-6H2/t7-,8+,9?. The highest BCUT2D eigenvalue weighted by Gasteiger charge is 2.36. The van der Waals surface area contributed by atoms with Gasteiger partial charge in [0.2, 0.25) is 0 Å². The molecule has 2 aliphatic heterocycles. The van der Waals surface area contributed by atoms with Crippen molar-refractivity contribution in [1.82, 2.24) is 10.2 Å². The summed E-state index contributed by atoms with van der Waals surface area (Å²) in [4.78, 5) is 2.18. The predicted octanol–water partition coefficient (Wildman–Crippen LogP) is -0.532. The van der Waals surface area contributed by atoms with E-state index in [1.807, 2.05) is 0 Å². The number of rotatable bonds is 3. The van der Waals surface area contributed by atoms with E-state index in [1.54, 1.807) is 0 Å². The van der Waals surface area contributed by atoms with Crippen molar-refractivity contribution in [2.24, 2.45) is 11.8 Å². The van der Waals surface area contributed by atoms with E-state index in [0.717, 1.165) is 38.0 Å². The second-order valence-corrected chi connectivity index (χ2v) is 4.21. The van der Waals surface area contributed by atoms with Gasteiger partial charge in [-0.3, -0.25) is 4.90 Å². The Labute approximate surface area is 77.9 Å². The summed E-state index contributed by atoms with van der Waals surface area (Å²) in [5.74, 6) is 1.46.